The summed E-state index contributed by atoms with van der Waals surface area (Å²) < 4.78 is 0. The van der Waals surface area contributed by atoms with Gasteiger partial charge >= 0.3 is 0 Å². The minimum Gasteiger partial charge on any atom is -0.300 e. The van der Waals surface area contributed by atoms with E-state index in [9.17, 15) is 24.5 Å². The number of imide groups is 1. The molecule has 1 fully saturated rings. The predicted octanol–water partition coefficient (Wildman–Crippen LogP) is 4.06. The van der Waals surface area contributed by atoms with Crippen LogP contribution in [0.4, 0.5) is 11.4 Å². The van der Waals surface area contributed by atoms with Crippen molar-refractivity contribution in [3.05, 3.63) is 91.1 Å². The van der Waals surface area contributed by atoms with Crippen LogP contribution in [0.5, 0.6) is 0 Å². The van der Waals surface area contributed by atoms with Crippen molar-refractivity contribution in [2.75, 3.05) is 4.90 Å². The molecule has 1 aromatic heterocycles. The number of carbonyl (C=O) groups excluding carboxylic acids is 3. The zero-order chi connectivity index (χ0) is 21.9. The fourth-order valence-corrected chi connectivity index (χ4v) is 4.94. The molecule has 3 amide bonds. The zero-order valence-electron chi connectivity index (χ0n) is 15.6. The Labute approximate surface area is 184 Å². The van der Waals surface area contributed by atoms with Crippen molar-refractivity contribution in [2.24, 2.45) is 0 Å². The maximum atomic E-state index is 13.2. The number of non-ortho nitro benzene ring substituents is 1. The lowest BCUT2D eigenvalue weighted by Gasteiger charge is -2.49. The molecule has 3 heterocycles. The highest BCUT2D eigenvalue weighted by molar-refractivity contribution is 7.10. The lowest BCUT2D eigenvalue weighted by atomic mass is 9.90. The largest absolute Gasteiger partial charge is 0.300 e. The number of amides is 3. The van der Waals surface area contributed by atoms with Gasteiger partial charge < -0.3 is 0 Å². The molecule has 154 valence electrons. The Kier molecular flexibility index (Phi) is 4.38. The molecule has 3 aromatic rings. The number of rotatable bonds is 4. The number of β-lactam (4-membered cyclic amide) rings is 1. The molecule has 5 rings (SSSR count). The number of nitrogens with zero attached hydrogens (tertiary/aromatic N) is 3. The zero-order valence-corrected chi connectivity index (χ0v) is 17.2. The van der Waals surface area contributed by atoms with Crippen molar-refractivity contribution in [3.63, 3.8) is 0 Å². The third-order valence-electron chi connectivity index (χ3n) is 5.40. The summed E-state index contributed by atoms with van der Waals surface area (Å²) in [7, 11) is 0. The van der Waals surface area contributed by atoms with E-state index in [1.54, 1.807) is 24.3 Å². The standard InChI is InChI=1S/C21H12ClN3O5S/c22-11-3-5-12(6-4-11)23-17(16-2-1-9-31-16)18(21(23)28)24-19(26)14-8-7-13(25(29)30)10-15(14)20(24)27/h1-10,17-18H/t17-,18-/m0/s1. The van der Waals surface area contributed by atoms with Crippen LogP contribution in [0, 0.1) is 10.1 Å². The first kappa shape index (κ1) is 19.4. The van der Waals surface area contributed by atoms with Gasteiger partial charge in [-0.2, -0.15) is 0 Å². The van der Waals surface area contributed by atoms with E-state index in [4.69, 9.17) is 11.6 Å². The maximum Gasteiger partial charge on any atom is 0.270 e. The Balaban J connectivity index is 1.55. The average molecular weight is 454 g/mol. The van der Waals surface area contributed by atoms with Crippen LogP contribution in [0.2, 0.25) is 5.02 Å². The molecular weight excluding hydrogens is 442 g/mol. The molecule has 0 spiro atoms. The normalized spacial score (nSPS) is 20.1. The lowest BCUT2D eigenvalue weighted by molar-refractivity contribution is -0.384. The molecule has 10 heteroatoms. The number of nitro benzene ring substituents is 1. The second kappa shape index (κ2) is 7.00. The SMILES string of the molecule is O=C1c2ccc([N+](=O)[O-])cc2C(=O)N1[C@@H]1C(=O)N(c2ccc(Cl)cc2)[C@H]1c1cccs1. The van der Waals surface area contributed by atoms with Gasteiger partial charge in [0.25, 0.3) is 23.4 Å². The van der Waals surface area contributed by atoms with Gasteiger partial charge in [-0.3, -0.25) is 34.3 Å². The van der Waals surface area contributed by atoms with E-state index in [0.29, 0.717) is 10.7 Å². The number of carbonyl (C=O) groups is 3. The summed E-state index contributed by atoms with van der Waals surface area (Å²) in [4.78, 5) is 53.0. The van der Waals surface area contributed by atoms with E-state index in [0.717, 1.165) is 15.8 Å². The molecular formula is C21H12ClN3O5S. The molecule has 2 aliphatic rings. The van der Waals surface area contributed by atoms with E-state index in [1.807, 2.05) is 17.5 Å². The summed E-state index contributed by atoms with van der Waals surface area (Å²) >= 11 is 7.37. The summed E-state index contributed by atoms with van der Waals surface area (Å²) in [6.07, 6.45) is 0. The first-order chi connectivity index (χ1) is 14.9. The minimum atomic E-state index is -1.04. The quantitative estimate of drug-likeness (QED) is 0.256. The maximum absolute atomic E-state index is 13.2. The second-order valence-corrected chi connectivity index (χ2v) is 8.47. The topological polar surface area (TPSA) is 101 Å². The molecule has 31 heavy (non-hydrogen) atoms. The number of hydrogen-bond donors (Lipinski definition) is 0. The van der Waals surface area contributed by atoms with Gasteiger partial charge in [-0.15, -0.1) is 11.3 Å². The van der Waals surface area contributed by atoms with Gasteiger partial charge in [0.05, 0.1) is 16.1 Å². The Morgan fingerprint density at radius 2 is 1.61 bits per heavy atom. The Bertz CT molecular complexity index is 1260. The number of benzene rings is 2. The molecule has 2 aromatic carbocycles. The minimum absolute atomic E-state index is 0.0540. The highest BCUT2D eigenvalue weighted by Crippen LogP contribution is 2.45. The highest BCUT2D eigenvalue weighted by Gasteiger charge is 2.57. The summed E-state index contributed by atoms with van der Waals surface area (Å²) in [6, 6.07) is 12.3. The molecule has 0 saturated carbocycles. The summed E-state index contributed by atoms with van der Waals surface area (Å²) in [6.45, 7) is 0. The number of thiophene rings is 1. The van der Waals surface area contributed by atoms with Crippen molar-refractivity contribution < 1.29 is 19.3 Å². The van der Waals surface area contributed by atoms with Crippen LogP contribution in [-0.2, 0) is 4.79 Å². The van der Waals surface area contributed by atoms with Crippen LogP contribution in [0.15, 0.2) is 60.0 Å². The van der Waals surface area contributed by atoms with Crippen molar-refractivity contribution in [1.82, 2.24) is 4.90 Å². The second-order valence-electron chi connectivity index (χ2n) is 7.06. The molecule has 2 atom stereocenters. The summed E-state index contributed by atoms with van der Waals surface area (Å²) in [5, 5.41) is 13.4. The Morgan fingerprint density at radius 1 is 0.903 bits per heavy atom. The molecule has 0 bridgehead atoms. The highest BCUT2D eigenvalue weighted by atomic mass is 35.5. The first-order valence-electron chi connectivity index (χ1n) is 9.17. The van der Waals surface area contributed by atoms with E-state index < -0.39 is 34.7 Å². The number of nitro groups is 1. The van der Waals surface area contributed by atoms with Gasteiger partial charge in [-0.05, 0) is 41.8 Å². The van der Waals surface area contributed by atoms with Crippen LogP contribution in [0.3, 0.4) is 0 Å². The molecule has 8 nitrogen and oxygen atoms in total. The van der Waals surface area contributed by atoms with Crippen LogP contribution >= 0.6 is 22.9 Å². The van der Waals surface area contributed by atoms with E-state index >= 15 is 0 Å². The van der Waals surface area contributed by atoms with Gasteiger partial charge in [0, 0.05) is 27.7 Å². The van der Waals surface area contributed by atoms with Gasteiger partial charge in [-0.1, -0.05) is 17.7 Å². The monoisotopic (exact) mass is 453 g/mol. The number of fused-ring (bicyclic) bond motifs is 1. The fourth-order valence-electron chi connectivity index (χ4n) is 3.97. The van der Waals surface area contributed by atoms with Crippen molar-refractivity contribution in [3.8, 4) is 0 Å². The van der Waals surface area contributed by atoms with E-state index in [1.165, 1.54) is 28.4 Å². The smallest absolute Gasteiger partial charge is 0.270 e. The summed E-state index contributed by atoms with van der Waals surface area (Å²) in [5.74, 6) is -1.75. The predicted molar refractivity (Wildman–Crippen MR) is 113 cm³/mol. The van der Waals surface area contributed by atoms with Crippen LogP contribution in [0.1, 0.15) is 31.6 Å². The molecule has 0 radical (unpaired) electrons. The third-order valence-corrected chi connectivity index (χ3v) is 6.59. The number of halogens is 1. The Morgan fingerprint density at radius 3 is 2.26 bits per heavy atom. The molecule has 1 saturated heterocycles. The molecule has 0 aliphatic carbocycles. The van der Waals surface area contributed by atoms with Gasteiger partial charge in [0.1, 0.15) is 12.1 Å². The van der Waals surface area contributed by atoms with Gasteiger partial charge in [0.2, 0.25) is 0 Å². The first-order valence-corrected chi connectivity index (χ1v) is 10.4. The summed E-state index contributed by atoms with van der Waals surface area (Å²) in [5.41, 5.74) is 0.288. The van der Waals surface area contributed by atoms with Crippen LogP contribution in [0.25, 0.3) is 0 Å². The van der Waals surface area contributed by atoms with Crippen LogP contribution in [-0.4, -0.2) is 33.6 Å². The van der Waals surface area contributed by atoms with Crippen LogP contribution < -0.4 is 4.90 Å². The number of anilines is 1. The van der Waals surface area contributed by atoms with Crippen molar-refractivity contribution >= 4 is 52.0 Å². The number of hydrogen-bond acceptors (Lipinski definition) is 6. The van der Waals surface area contributed by atoms with E-state index in [-0.39, 0.29) is 16.8 Å². The molecule has 0 N–H and O–H groups in total. The fraction of sp³-hybridized carbons (Fsp3) is 0.0952. The lowest BCUT2D eigenvalue weighted by Crippen LogP contribution is -2.66. The van der Waals surface area contributed by atoms with Gasteiger partial charge in [-0.25, -0.2) is 0 Å². The average Bonchev–Trinajstić information content (AvgIpc) is 3.36. The van der Waals surface area contributed by atoms with Crippen molar-refractivity contribution in [2.45, 2.75) is 12.1 Å². The van der Waals surface area contributed by atoms with Gasteiger partial charge in [0.15, 0.2) is 0 Å². The Hall–Kier alpha value is -3.56. The third kappa shape index (κ3) is 2.85. The molecule has 2 aliphatic heterocycles. The van der Waals surface area contributed by atoms with Crippen molar-refractivity contribution in [1.29, 1.82) is 0 Å². The van der Waals surface area contributed by atoms with E-state index in [2.05, 4.69) is 0 Å². The molecule has 0 unspecified atom stereocenters.